The normalized spacial score (nSPS) is 10.0. The quantitative estimate of drug-likeness (QED) is 0.922. The lowest BCUT2D eigenvalue weighted by Crippen LogP contribution is -2.23. The predicted octanol–water partition coefficient (Wildman–Crippen LogP) is 3.29. The van der Waals surface area contributed by atoms with E-state index in [0.717, 1.165) is 11.3 Å². The largest absolute Gasteiger partial charge is 0.497 e. The van der Waals surface area contributed by atoms with Crippen molar-refractivity contribution in [3.8, 4) is 11.5 Å². The Kier molecular flexibility index (Phi) is 5.06. The standard InChI is InChI=1S/C16H16ClNO3/c1-20-13-6-3-11(4-7-13)10-18-16(19)14-9-12(17)5-8-15(14)21-2/h3-9H,10H2,1-2H3,(H,18,19). The van der Waals surface area contributed by atoms with Crippen LogP contribution in [0.1, 0.15) is 15.9 Å². The molecule has 0 aliphatic heterocycles. The molecule has 0 radical (unpaired) electrons. The summed E-state index contributed by atoms with van der Waals surface area (Å²) < 4.78 is 10.3. The van der Waals surface area contributed by atoms with Gasteiger partial charge in [-0.05, 0) is 35.9 Å². The molecule has 0 atom stereocenters. The summed E-state index contributed by atoms with van der Waals surface area (Å²) in [7, 11) is 3.13. The minimum absolute atomic E-state index is 0.231. The van der Waals surface area contributed by atoms with Gasteiger partial charge in [-0.1, -0.05) is 23.7 Å². The number of ether oxygens (including phenoxy) is 2. The fraction of sp³-hybridized carbons (Fsp3) is 0.188. The third-order valence-electron chi connectivity index (χ3n) is 3.02. The molecule has 0 saturated heterocycles. The summed E-state index contributed by atoms with van der Waals surface area (Å²) in [5.74, 6) is 1.04. The third-order valence-corrected chi connectivity index (χ3v) is 3.25. The van der Waals surface area contributed by atoms with Crippen molar-refractivity contribution in [2.75, 3.05) is 14.2 Å². The van der Waals surface area contributed by atoms with Crippen molar-refractivity contribution >= 4 is 17.5 Å². The summed E-state index contributed by atoms with van der Waals surface area (Å²) in [5.41, 5.74) is 1.39. The lowest BCUT2D eigenvalue weighted by atomic mass is 10.1. The number of nitrogens with one attached hydrogen (secondary N) is 1. The lowest BCUT2D eigenvalue weighted by molar-refractivity contribution is 0.0948. The van der Waals surface area contributed by atoms with Crippen molar-refractivity contribution in [2.24, 2.45) is 0 Å². The minimum Gasteiger partial charge on any atom is -0.497 e. The fourth-order valence-corrected chi connectivity index (χ4v) is 2.05. The summed E-state index contributed by atoms with van der Waals surface area (Å²) >= 11 is 5.92. The van der Waals surface area contributed by atoms with Gasteiger partial charge in [0.05, 0.1) is 19.8 Å². The first kappa shape index (κ1) is 15.2. The summed E-state index contributed by atoms with van der Waals surface area (Å²) in [6, 6.07) is 12.4. The Balaban J connectivity index is 2.05. The van der Waals surface area contributed by atoms with Gasteiger partial charge in [-0.15, -0.1) is 0 Å². The molecule has 0 aliphatic carbocycles. The third kappa shape index (κ3) is 3.89. The second-order valence-electron chi connectivity index (χ2n) is 4.38. The van der Waals surface area contributed by atoms with Gasteiger partial charge in [0.25, 0.3) is 5.91 Å². The molecular weight excluding hydrogens is 290 g/mol. The topological polar surface area (TPSA) is 47.6 Å². The van der Waals surface area contributed by atoms with Crippen LogP contribution in [0.25, 0.3) is 0 Å². The molecule has 1 amide bonds. The van der Waals surface area contributed by atoms with Gasteiger partial charge in [0, 0.05) is 11.6 Å². The SMILES string of the molecule is COc1ccc(CNC(=O)c2cc(Cl)ccc2OC)cc1. The number of carbonyl (C=O) groups excluding carboxylic acids is 1. The molecular formula is C16H16ClNO3. The van der Waals surface area contributed by atoms with Crippen molar-refractivity contribution in [3.63, 3.8) is 0 Å². The average Bonchev–Trinajstić information content (AvgIpc) is 2.53. The number of amides is 1. The van der Waals surface area contributed by atoms with Crippen molar-refractivity contribution in [1.29, 1.82) is 0 Å². The van der Waals surface area contributed by atoms with E-state index in [9.17, 15) is 4.79 Å². The van der Waals surface area contributed by atoms with Crippen molar-refractivity contribution < 1.29 is 14.3 Å². The number of rotatable bonds is 5. The molecule has 2 aromatic rings. The van der Waals surface area contributed by atoms with Gasteiger partial charge in [-0.2, -0.15) is 0 Å². The van der Waals surface area contributed by atoms with Gasteiger partial charge in [0.2, 0.25) is 0 Å². The van der Waals surface area contributed by atoms with Gasteiger partial charge in [-0.25, -0.2) is 0 Å². The van der Waals surface area contributed by atoms with E-state index in [1.54, 1.807) is 25.3 Å². The van der Waals surface area contributed by atoms with E-state index in [1.807, 2.05) is 24.3 Å². The molecule has 0 aromatic heterocycles. The maximum Gasteiger partial charge on any atom is 0.255 e. The van der Waals surface area contributed by atoms with E-state index < -0.39 is 0 Å². The summed E-state index contributed by atoms with van der Waals surface area (Å²) in [6.45, 7) is 0.415. The highest BCUT2D eigenvalue weighted by atomic mass is 35.5. The zero-order chi connectivity index (χ0) is 15.2. The maximum atomic E-state index is 12.2. The van der Waals surface area contributed by atoms with E-state index in [0.29, 0.717) is 22.9 Å². The Morgan fingerprint density at radius 1 is 1.10 bits per heavy atom. The fourth-order valence-electron chi connectivity index (χ4n) is 1.88. The lowest BCUT2D eigenvalue weighted by Gasteiger charge is -2.10. The van der Waals surface area contributed by atoms with Crippen LogP contribution in [0, 0.1) is 0 Å². The number of methoxy groups -OCH3 is 2. The minimum atomic E-state index is -0.231. The number of hydrogen-bond donors (Lipinski definition) is 1. The first-order valence-corrected chi connectivity index (χ1v) is 6.76. The number of carbonyl (C=O) groups is 1. The van der Waals surface area contributed by atoms with Gasteiger partial charge in [0.1, 0.15) is 11.5 Å². The Morgan fingerprint density at radius 3 is 2.43 bits per heavy atom. The molecule has 0 heterocycles. The van der Waals surface area contributed by atoms with Crippen molar-refractivity contribution in [3.05, 3.63) is 58.6 Å². The molecule has 4 nitrogen and oxygen atoms in total. The molecule has 0 spiro atoms. The van der Waals surface area contributed by atoms with Crippen LogP contribution in [0.15, 0.2) is 42.5 Å². The van der Waals surface area contributed by atoms with E-state index >= 15 is 0 Å². The zero-order valence-electron chi connectivity index (χ0n) is 11.9. The highest BCUT2D eigenvalue weighted by molar-refractivity contribution is 6.31. The Hall–Kier alpha value is -2.20. The Morgan fingerprint density at radius 2 is 1.81 bits per heavy atom. The highest BCUT2D eigenvalue weighted by Crippen LogP contribution is 2.22. The molecule has 110 valence electrons. The number of halogens is 1. The molecule has 21 heavy (non-hydrogen) atoms. The van der Waals surface area contributed by atoms with E-state index in [2.05, 4.69) is 5.32 Å². The molecule has 0 aliphatic rings. The molecule has 0 unspecified atom stereocenters. The van der Waals surface area contributed by atoms with E-state index in [1.165, 1.54) is 7.11 Å². The monoisotopic (exact) mass is 305 g/mol. The van der Waals surface area contributed by atoms with Crippen LogP contribution in [-0.2, 0) is 6.54 Å². The summed E-state index contributed by atoms with van der Waals surface area (Å²) in [4.78, 5) is 12.2. The summed E-state index contributed by atoms with van der Waals surface area (Å²) in [5, 5.41) is 3.33. The van der Waals surface area contributed by atoms with Crippen LogP contribution >= 0.6 is 11.6 Å². The molecule has 1 N–H and O–H groups in total. The van der Waals surface area contributed by atoms with E-state index in [4.69, 9.17) is 21.1 Å². The molecule has 0 fully saturated rings. The number of hydrogen-bond acceptors (Lipinski definition) is 3. The second kappa shape index (κ2) is 6.99. The van der Waals surface area contributed by atoms with Crippen LogP contribution < -0.4 is 14.8 Å². The molecule has 2 rings (SSSR count). The molecule has 2 aromatic carbocycles. The average molecular weight is 306 g/mol. The van der Waals surface area contributed by atoms with Gasteiger partial charge in [0.15, 0.2) is 0 Å². The van der Waals surface area contributed by atoms with Crippen molar-refractivity contribution in [2.45, 2.75) is 6.54 Å². The predicted molar refractivity (Wildman–Crippen MR) is 82.2 cm³/mol. The van der Waals surface area contributed by atoms with Gasteiger partial charge < -0.3 is 14.8 Å². The molecule has 0 saturated carbocycles. The van der Waals surface area contributed by atoms with Gasteiger partial charge >= 0.3 is 0 Å². The number of benzene rings is 2. The first-order chi connectivity index (χ1) is 10.1. The Labute approximate surface area is 128 Å². The van der Waals surface area contributed by atoms with Crippen LogP contribution in [0.3, 0.4) is 0 Å². The van der Waals surface area contributed by atoms with Crippen LogP contribution in [0.4, 0.5) is 0 Å². The molecule has 0 bridgehead atoms. The smallest absolute Gasteiger partial charge is 0.255 e. The maximum absolute atomic E-state index is 12.2. The van der Waals surface area contributed by atoms with Crippen LogP contribution in [0.2, 0.25) is 5.02 Å². The van der Waals surface area contributed by atoms with Crippen molar-refractivity contribution in [1.82, 2.24) is 5.32 Å². The van der Waals surface area contributed by atoms with Gasteiger partial charge in [-0.3, -0.25) is 4.79 Å². The van der Waals surface area contributed by atoms with Crippen LogP contribution in [0.5, 0.6) is 11.5 Å². The highest BCUT2D eigenvalue weighted by Gasteiger charge is 2.12. The van der Waals surface area contributed by atoms with E-state index in [-0.39, 0.29) is 5.91 Å². The zero-order valence-corrected chi connectivity index (χ0v) is 12.6. The second-order valence-corrected chi connectivity index (χ2v) is 4.81. The Bertz CT molecular complexity index is 626. The van der Waals surface area contributed by atoms with Crippen LogP contribution in [-0.4, -0.2) is 20.1 Å². The summed E-state index contributed by atoms with van der Waals surface area (Å²) in [6.07, 6.45) is 0. The first-order valence-electron chi connectivity index (χ1n) is 6.38. The molecule has 5 heteroatoms.